The largest absolute Gasteiger partial charge is 0.344 e. The molecule has 0 saturated carbocycles. The van der Waals surface area contributed by atoms with E-state index < -0.39 is 5.41 Å². The number of carbonyl (C=O) groups is 4. The highest BCUT2D eigenvalue weighted by atomic mass is 16.2. The monoisotopic (exact) mass is 423 g/mol. The molecule has 7 nitrogen and oxygen atoms in total. The number of likely N-dealkylation sites (N-methyl/N-ethyl adjacent to an activating group) is 2. The molecule has 1 saturated heterocycles. The standard InChI is InChI=1S/C23H41N3O4/c1-22(2,3)17-16-19(28)26(20(17)29)13-11-9-10-12-18(27)24(7)14-15-25(8)21(30)23(4,5)6/h17H,9-16H2,1-8H3. The number of amides is 4. The van der Waals surface area contributed by atoms with Crippen LogP contribution in [0.1, 0.15) is 73.6 Å². The summed E-state index contributed by atoms with van der Waals surface area (Å²) in [6.07, 6.45) is 2.96. The van der Waals surface area contributed by atoms with Crippen molar-refractivity contribution < 1.29 is 19.2 Å². The topological polar surface area (TPSA) is 78.0 Å². The van der Waals surface area contributed by atoms with Gasteiger partial charge >= 0.3 is 0 Å². The van der Waals surface area contributed by atoms with Crippen LogP contribution >= 0.6 is 0 Å². The molecule has 1 fully saturated rings. The molecule has 1 heterocycles. The van der Waals surface area contributed by atoms with Crippen molar-refractivity contribution in [3.8, 4) is 0 Å². The lowest BCUT2D eigenvalue weighted by atomic mass is 9.80. The second-order valence-electron chi connectivity index (χ2n) is 10.6. The second-order valence-corrected chi connectivity index (χ2v) is 10.6. The molecule has 0 bridgehead atoms. The number of imide groups is 1. The first-order chi connectivity index (χ1) is 13.7. The van der Waals surface area contributed by atoms with Gasteiger partial charge in [-0.25, -0.2) is 0 Å². The molecule has 0 aromatic carbocycles. The molecule has 172 valence electrons. The molecule has 0 spiro atoms. The smallest absolute Gasteiger partial charge is 0.233 e. The number of unbranched alkanes of at least 4 members (excludes halogenated alkanes) is 2. The maximum absolute atomic E-state index is 12.5. The summed E-state index contributed by atoms with van der Waals surface area (Å²) in [5.74, 6) is -0.263. The van der Waals surface area contributed by atoms with Gasteiger partial charge in [-0.2, -0.15) is 0 Å². The molecule has 0 aromatic rings. The van der Waals surface area contributed by atoms with Gasteiger partial charge in [0.1, 0.15) is 0 Å². The molecular weight excluding hydrogens is 382 g/mol. The van der Waals surface area contributed by atoms with E-state index in [0.29, 0.717) is 38.9 Å². The maximum Gasteiger partial charge on any atom is 0.233 e. The van der Waals surface area contributed by atoms with Crippen molar-refractivity contribution >= 4 is 23.6 Å². The highest BCUT2D eigenvalue weighted by Crippen LogP contribution is 2.35. The molecule has 0 N–H and O–H groups in total. The summed E-state index contributed by atoms with van der Waals surface area (Å²) < 4.78 is 0. The van der Waals surface area contributed by atoms with Crippen LogP contribution in [0.2, 0.25) is 0 Å². The minimum absolute atomic E-state index is 0.0488. The fraction of sp³-hybridized carbons (Fsp3) is 0.826. The van der Waals surface area contributed by atoms with E-state index in [1.54, 1.807) is 23.9 Å². The Morgan fingerprint density at radius 3 is 2.00 bits per heavy atom. The highest BCUT2D eigenvalue weighted by molar-refractivity contribution is 6.03. The molecular formula is C23H41N3O4. The number of nitrogens with zero attached hydrogens (tertiary/aromatic N) is 3. The summed E-state index contributed by atoms with van der Waals surface area (Å²) >= 11 is 0. The van der Waals surface area contributed by atoms with Crippen molar-refractivity contribution in [1.82, 2.24) is 14.7 Å². The van der Waals surface area contributed by atoms with Crippen LogP contribution < -0.4 is 0 Å². The van der Waals surface area contributed by atoms with Crippen molar-refractivity contribution in [1.29, 1.82) is 0 Å². The van der Waals surface area contributed by atoms with Crippen LogP contribution in [0.15, 0.2) is 0 Å². The maximum atomic E-state index is 12.5. The Bertz CT molecular complexity index is 646. The Hall–Kier alpha value is -1.92. The summed E-state index contributed by atoms with van der Waals surface area (Å²) in [5.41, 5.74) is -0.633. The van der Waals surface area contributed by atoms with Crippen molar-refractivity contribution in [2.24, 2.45) is 16.7 Å². The van der Waals surface area contributed by atoms with E-state index in [1.807, 2.05) is 41.5 Å². The van der Waals surface area contributed by atoms with Crippen LogP contribution in [0.25, 0.3) is 0 Å². The Balaban J connectivity index is 2.29. The summed E-state index contributed by atoms with van der Waals surface area (Å²) in [6.45, 7) is 13.1. The molecule has 30 heavy (non-hydrogen) atoms. The van der Waals surface area contributed by atoms with E-state index in [0.717, 1.165) is 12.8 Å². The molecule has 4 amide bonds. The normalized spacial score (nSPS) is 17.5. The average Bonchev–Trinajstić information content (AvgIpc) is 2.92. The second kappa shape index (κ2) is 10.4. The Morgan fingerprint density at radius 2 is 1.50 bits per heavy atom. The molecule has 0 aromatic heterocycles. The third-order valence-electron chi connectivity index (χ3n) is 5.75. The van der Waals surface area contributed by atoms with Crippen LogP contribution in [0.3, 0.4) is 0 Å². The number of rotatable bonds is 9. The first-order valence-electron chi connectivity index (χ1n) is 11.0. The SMILES string of the molecule is CN(CCN(C)C(=O)C(C)(C)C)C(=O)CCCCCN1C(=O)CC(C(C)(C)C)C1=O. The minimum atomic E-state index is -0.428. The zero-order valence-electron chi connectivity index (χ0n) is 20.2. The lowest BCUT2D eigenvalue weighted by molar-refractivity contribution is -0.140. The summed E-state index contributed by atoms with van der Waals surface area (Å²) in [7, 11) is 3.52. The first-order valence-corrected chi connectivity index (χ1v) is 11.0. The van der Waals surface area contributed by atoms with E-state index in [9.17, 15) is 19.2 Å². The quantitative estimate of drug-likeness (QED) is 0.422. The van der Waals surface area contributed by atoms with Gasteiger partial charge in [0.2, 0.25) is 23.6 Å². The van der Waals surface area contributed by atoms with Gasteiger partial charge in [-0.3, -0.25) is 24.1 Å². The third kappa shape index (κ3) is 7.40. The van der Waals surface area contributed by atoms with E-state index >= 15 is 0 Å². The van der Waals surface area contributed by atoms with Crippen molar-refractivity contribution in [3.63, 3.8) is 0 Å². The van der Waals surface area contributed by atoms with Gasteiger partial charge < -0.3 is 9.80 Å². The van der Waals surface area contributed by atoms with Gasteiger partial charge in [-0.05, 0) is 18.3 Å². The van der Waals surface area contributed by atoms with Crippen molar-refractivity contribution in [2.45, 2.75) is 73.6 Å². The highest BCUT2D eigenvalue weighted by Gasteiger charge is 2.44. The summed E-state index contributed by atoms with van der Waals surface area (Å²) in [6, 6.07) is 0. The predicted octanol–water partition coefficient (Wildman–Crippen LogP) is 2.93. The fourth-order valence-electron chi connectivity index (χ4n) is 3.61. The third-order valence-corrected chi connectivity index (χ3v) is 5.75. The van der Waals surface area contributed by atoms with Gasteiger partial charge in [0.05, 0.1) is 5.92 Å². The summed E-state index contributed by atoms with van der Waals surface area (Å²) in [5, 5.41) is 0. The average molecular weight is 424 g/mol. The Labute approximate surface area is 182 Å². The fourth-order valence-corrected chi connectivity index (χ4v) is 3.61. The van der Waals surface area contributed by atoms with Crippen molar-refractivity contribution in [3.05, 3.63) is 0 Å². The van der Waals surface area contributed by atoms with E-state index in [4.69, 9.17) is 0 Å². The van der Waals surface area contributed by atoms with Gasteiger partial charge in [0.15, 0.2) is 0 Å². The molecule has 1 aliphatic rings. The van der Waals surface area contributed by atoms with Crippen LogP contribution in [0.5, 0.6) is 0 Å². The zero-order chi connectivity index (χ0) is 23.3. The first kappa shape index (κ1) is 26.1. The number of likely N-dealkylation sites (tertiary alicyclic amines) is 1. The van der Waals surface area contributed by atoms with Gasteiger partial charge in [0, 0.05) is 52.0 Å². The number of hydrogen-bond acceptors (Lipinski definition) is 4. The lowest BCUT2D eigenvalue weighted by Gasteiger charge is -2.28. The van der Waals surface area contributed by atoms with E-state index in [1.165, 1.54) is 4.90 Å². The molecule has 1 aliphatic heterocycles. The summed E-state index contributed by atoms with van der Waals surface area (Å²) in [4.78, 5) is 53.8. The Morgan fingerprint density at radius 1 is 0.933 bits per heavy atom. The molecule has 1 unspecified atom stereocenters. The number of hydrogen-bond donors (Lipinski definition) is 0. The number of carbonyl (C=O) groups excluding carboxylic acids is 4. The minimum Gasteiger partial charge on any atom is -0.344 e. The molecule has 0 radical (unpaired) electrons. The lowest BCUT2D eigenvalue weighted by Crippen LogP contribution is -2.41. The zero-order valence-corrected chi connectivity index (χ0v) is 20.2. The van der Waals surface area contributed by atoms with Crippen molar-refractivity contribution in [2.75, 3.05) is 33.7 Å². The van der Waals surface area contributed by atoms with Gasteiger partial charge in [0.25, 0.3) is 0 Å². The molecule has 1 rings (SSSR count). The van der Waals surface area contributed by atoms with E-state index in [2.05, 4.69) is 0 Å². The van der Waals surface area contributed by atoms with Crippen LogP contribution in [0.4, 0.5) is 0 Å². The molecule has 1 atom stereocenters. The van der Waals surface area contributed by atoms with E-state index in [-0.39, 0.29) is 35.0 Å². The van der Waals surface area contributed by atoms with Gasteiger partial charge in [-0.15, -0.1) is 0 Å². The van der Waals surface area contributed by atoms with Gasteiger partial charge in [-0.1, -0.05) is 48.0 Å². The van der Waals surface area contributed by atoms with Crippen LogP contribution in [-0.2, 0) is 19.2 Å². The van der Waals surface area contributed by atoms with Crippen LogP contribution in [0, 0.1) is 16.7 Å². The predicted molar refractivity (Wildman–Crippen MR) is 117 cm³/mol. The van der Waals surface area contributed by atoms with Crippen LogP contribution in [-0.4, -0.2) is 72.1 Å². The molecule has 0 aliphatic carbocycles. The molecule has 7 heteroatoms. The Kier molecular flexibility index (Phi) is 9.06.